The summed E-state index contributed by atoms with van der Waals surface area (Å²) in [6, 6.07) is 16.3. The van der Waals surface area contributed by atoms with Crippen LogP contribution in [0.25, 0.3) is 0 Å². The van der Waals surface area contributed by atoms with E-state index in [9.17, 15) is 0 Å². The zero-order chi connectivity index (χ0) is 17.7. The second-order valence-electron chi connectivity index (χ2n) is 6.69. The van der Waals surface area contributed by atoms with Gasteiger partial charge in [0.15, 0.2) is 5.17 Å². The first-order chi connectivity index (χ1) is 12.0. The normalized spacial score (nSPS) is 16.5. The summed E-state index contributed by atoms with van der Waals surface area (Å²) < 4.78 is 6.00. The maximum atomic E-state index is 6.00. The van der Waals surface area contributed by atoms with Gasteiger partial charge in [0, 0.05) is 5.75 Å². The van der Waals surface area contributed by atoms with Gasteiger partial charge in [-0.15, -0.1) is 5.10 Å². The van der Waals surface area contributed by atoms with Gasteiger partial charge in [-0.1, -0.05) is 42.1 Å². The highest BCUT2D eigenvalue weighted by Gasteiger charge is 2.26. The Kier molecular flexibility index (Phi) is 5.43. The summed E-state index contributed by atoms with van der Waals surface area (Å²) >= 11 is 1.48. The molecule has 0 amide bonds. The molecule has 0 saturated heterocycles. The number of ether oxygens (including phenoxy) is 1. The van der Waals surface area contributed by atoms with Gasteiger partial charge in [-0.3, -0.25) is 0 Å². The van der Waals surface area contributed by atoms with E-state index < -0.39 is 0 Å². The monoisotopic (exact) mass is 353 g/mol. The highest BCUT2D eigenvalue weighted by atomic mass is 32.2. The lowest BCUT2D eigenvalue weighted by Gasteiger charge is -2.32. The third-order valence-corrected chi connectivity index (χ3v) is 4.91. The lowest BCUT2D eigenvalue weighted by atomic mass is 9.93. The van der Waals surface area contributed by atoms with Crippen LogP contribution in [0, 0.1) is 0 Å². The van der Waals surface area contributed by atoms with Crippen LogP contribution < -0.4 is 10.5 Å². The lowest BCUT2D eigenvalue weighted by molar-refractivity contribution is 0.0847. The maximum Gasteiger partial charge on any atom is 0.180 e. The Morgan fingerprint density at radius 1 is 1.24 bits per heavy atom. The molecule has 0 aliphatic carbocycles. The van der Waals surface area contributed by atoms with Gasteiger partial charge in [-0.05, 0) is 61.6 Å². The summed E-state index contributed by atoms with van der Waals surface area (Å²) in [5.74, 6) is 1.76. The Morgan fingerprint density at radius 3 is 2.84 bits per heavy atom. The van der Waals surface area contributed by atoms with Crippen LogP contribution in [-0.2, 0) is 12.2 Å². The first-order valence-corrected chi connectivity index (χ1v) is 9.36. The van der Waals surface area contributed by atoms with Crippen molar-refractivity contribution >= 4 is 23.1 Å². The van der Waals surface area contributed by atoms with E-state index >= 15 is 0 Å². The number of rotatable bonds is 4. The van der Waals surface area contributed by atoms with Crippen molar-refractivity contribution in [2.45, 2.75) is 38.0 Å². The molecule has 0 radical (unpaired) electrons. The van der Waals surface area contributed by atoms with Crippen molar-refractivity contribution in [1.29, 1.82) is 0 Å². The predicted molar refractivity (Wildman–Crippen MR) is 106 cm³/mol. The second-order valence-corrected chi connectivity index (χ2v) is 7.68. The van der Waals surface area contributed by atoms with Gasteiger partial charge in [-0.2, -0.15) is 5.10 Å². The first-order valence-electron chi connectivity index (χ1n) is 8.37. The fourth-order valence-corrected chi connectivity index (χ4v) is 3.28. The zero-order valence-electron chi connectivity index (χ0n) is 14.6. The number of nitrogens with zero attached hydrogens (tertiary/aromatic N) is 2. The SMILES string of the molecule is CC1(C)CCc2cc(C=NN=C(N)SCc3ccccc3)ccc2O1. The minimum atomic E-state index is -0.0860. The number of thioether (sulfide) groups is 1. The Hall–Kier alpha value is -2.27. The van der Waals surface area contributed by atoms with Crippen LogP contribution in [0.15, 0.2) is 58.7 Å². The topological polar surface area (TPSA) is 60.0 Å². The summed E-state index contributed by atoms with van der Waals surface area (Å²) in [7, 11) is 0. The van der Waals surface area contributed by atoms with Gasteiger partial charge in [0.2, 0.25) is 0 Å². The summed E-state index contributed by atoms with van der Waals surface area (Å²) in [5, 5.41) is 8.63. The van der Waals surface area contributed by atoms with Crippen LogP contribution in [0.4, 0.5) is 0 Å². The van der Waals surface area contributed by atoms with E-state index in [4.69, 9.17) is 10.5 Å². The molecule has 0 spiro atoms. The van der Waals surface area contributed by atoms with Gasteiger partial charge in [0.1, 0.15) is 11.4 Å². The molecular formula is C20H23N3OS. The molecule has 5 heteroatoms. The molecule has 3 rings (SSSR count). The van der Waals surface area contributed by atoms with E-state index in [-0.39, 0.29) is 5.60 Å². The molecule has 1 aliphatic heterocycles. The summed E-state index contributed by atoms with van der Waals surface area (Å²) in [6.45, 7) is 4.24. The van der Waals surface area contributed by atoms with Gasteiger partial charge >= 0.3 is 0 Å². The van der Waals surface area contributed by atoms with Crippen molar-refractivity contribution in [3.8, 4) is 5.75 Å². The molecule has 4 nitrogen and oxygen atoms in total. The molecule has 0 atom stereocenters. The number of aryl methyl sites for hydroxylation is 1. The van der Waals surface area contributed by atoms with Gasteiger partial charge in [0.25, 0.3) is 0 Å². The largest absolute Gasteiger partial charge is 0.488 e. The van der Waals surface area contributed by atoms with Crippen LogP contribution >= 0.6 is 11.8 Å². The smallest absolute Gasteiger partial charge is 0.180 e. The van der Waals surface area contributed by atoms with Crippen LogP contribution in [0.3, 0.4) is 0 Å². The molecule has 0 aromatic heterocycles. The highest BCUT2D eigenvalue weighted by molar-refractivity contribution is 8.13. The molecule has 1 heterocycles. The molecule has 2 aromatic rings. The van der Waals surface area contributed by atoms with Crippen molar-refractivity contribution < 1.29 is 4.74 Å². The second kappa shape index (κ2) is 7.74. The van der Waals surface area contributed by atoms with Crippen molar-refractivity contribution in [2.24, 2.45) is 15.9 Å². The Balaban J connectivity index is 1.58. The van der Waals surface area contributed by atoms with Gasteiger partial charge in [0.05, 0.1) is 6.21 Å². The molecule has 2 N–H and O–H groups in total. The molecule has 0 saturated carbocycles. The molecule has 0 unspecified atom stereocenters. The quantitative estimate of drug-likeness (QED) is 0.504. The van der Waals surface area contributed by atoms with Crippen molar-refractivity contribution in [2.75, 3.05) is 0 Å². The minimum absolute atomic E-state index is 0.0860. The Labute approximate surface area is 153 Å². The molecule has 1 aliphatic rings. The predicted octanol–water partition coefficient (Wildman–Crippen LogP) is 4.37. The summed E-state index contributed by atoms with van der Waals surface area (Å²) in [6.07, 6.45) is 3.76. The number of benzene rings is 2. The average Bonchev–Trinajstić information content (AvgIpc) is 2.60. The Bertz CT molecular complexity index is 785. The van der Waals surface area contributed by atoms with E-state index in [1.54, 1.807) is 6.21 Å². The first kappa shape index (κ1) is 17.5. The lowest BCUT2D eigenvalue weighted by Crippen LogP contribution is -2.32. The number of amidine groups is 1. The van der Waals surface area contributed by atoms with Gasteiger partial charge in [-0.25, -0.2) is 0 Å². The molecule has 0 bridgehead atoms. The zero-order valence-corrected chi connectivity index (χ0v) is 15.4. The molecule has 130 valence electrons. The van der Waals surface area contributed by atoms with E-state index in [1.807, 2.05) is 30.3 Å². The van der Waals surface area contributed by atoms with E-state index in [0.717, 1.165) is 29.9 Å². The third kappa shape index (κ3) is 5.10. The number of hydrogen-bond acceptors (Lipinski definition) is 4. The number of fused-ring (bicyclic) bond motifs is 1. The highest BCUT2D eigenvalue weighted by Crippen LogP contribution is 2.33. The van der Waals surface area contributed by atoms with Crippen LogP contribution in [0.2, 0.25) is 0 Å². The van der Waals surface area contributed by atoms with Crippen molar-refractivity contribution in [3.05, 3.63) is 65.2 Å². The third-order valence-electron chi connectivity index (χ3n) is 4.06. The summed E-state index contributed by atoms with van der Waals surface area (Å²) in [4.78, 5) is 0. The average molecular weight is 353 g/mol. The van der Waals surface area contributed by atoms with Crippen LogP contribution in [0.5, 0.6) is 5.75 Å². The van der Waals surface area contributed by atoms with Gasteiger partial charge < -0.3 is 10.5 Å². The van der Waals surface area contributed by atoms with E-state index in [2.05, 4.69) is 42.2 Å². The number of hydrogen-bond donors (Lipinski definition) is 1. The standard InChI is InChI=1S/C20H23N3OS/c1-20(2)11-10-17-12-16(8-9-18(17)24-20)13-22-23-19(21)25-14-15-6-4-3-5-7-15/h3-9,12-13H,10-11,14H2,1-2H3,(H2,21,23). The molecule has 0 fully saturated rings. The minimum Gasteiger partial charge on any atom is -0.488 e. The number of nitrogens with two attached hydrogens (primary N) is 1. The van der Waals surface area contributed by atoms with E-state index in [0.29, 0.717) is 5.17 Å². The Morgan fingerprint density at radius 2 is 2.04 bits per heavy atom. The molecule has 25 heavy (non-hydrogen) atoms. The van der Waals surface area contributed by atoms with Crippen molar-refractivity contribution in [1.82, 2.24) is 0 Å². The molecule has 2 aromatic carbocycles. The fourth-order valence-electron chi connectivity index (χ4n) is 2.67. The van der Waals surface area contributed by atoms with Crippen LogP contribution in [0.1, 0.15) is 37.0 Å². The van der Waals surface area contributed by atoms with Crippen molar-refractivity contribution in [3.63, 3.8) is 0 Å². The van der Waals surface area contributed by atoms with E-state index in [1.165, 1.54) is 22.9 Å². The summed E-state index contributed by atoms with van der Waals surface area (Å²) in [5.41, 5.74) is 9.26. The fraction of sp³-hybridized carbons (Fsp3) is 0.300. The maximum absolute atomic E-state index is 6.00. The molecular weight excluding hydrogens is 330 g/mol. The van der Waals surface area contributed by atoms with Crippen LogP contribution in [-0.4, -0.2) is 17.0 Å².